The Morgan fingerprint density at radius 1 is 1.08 bits per heavy atom. The Hall–Kier alpha value is -3.48. The molecule has 2 heterocycles. The van der Waals surface area contributed by atoms with Crippen LogP contribution in [-0.2, 0) is 11.2 Å². The van der Waals surface area contributed by atoms with Crippen LogP contribution in [0.15, 0.2) is 42.5 Å². The van der Waals surface area contributed by atoms with Crippen molar-refractivity contribution >= 4 is 22.5 Å². The van der Waals surface area contributed by atoms with Crippen LogP contribution in [0.2, 0.25) is 0 Å². The van der Waals surface area contributed by atoms with Gasteiger partial charge in [0.25, 0.3) is 0 Å². The van der Waals surface area contributed by atoms with Gasteiger partial charge in [0.1, 0.15) is 5.82 Å². The highest BCUT2D eigenvalue weighted by atomic mass is 16.1. The van der Waals surface area contributed by atoms with Crippen LogP contribution in [0.4, 0.5) is 5.69 Å². The van der Waals surface area contributed by atoms with Crippen LogP contribution in [0.25, 0.3) is 22.3 Å². The quantitative estimate of drug-likeness (QED) is 0.528. The minimum Gasteiger partial charge on any atom is -0.325 e. The first-order chi connectivity index (χ1) is 12.6. The molecule has 2 aromatic carbocycles. The van der Waals surface area contributed by atoms with Crippen molar-refractivity contribution in [1.29, 1.82) is 0 Å². The van der Waals surface area contributed by atoms with E-state index in [0.29, 0.717) is 5.82 Å². The van der Waals surface area contributed by atoms with E-state index >= 15 is 0 Å². The predicted octanol–water partition coefficient (Wildman–Crippen LogP) is 3.15. The fourth-order valence-electron chi connectivity index (χ4n) is 2.87. The van der Waals surface area contributed by atoms with Gasteiger partial charge in [0.2, 0.25) is 5.91 Å². The summed E-state index contributed by atoms with van der Waals surface area (Å²) < 4.78 is 0. The predicted molar refractivity (Wildman–Crippen MR) is 99.7 cm³/mol. The lowest BCUT2D eigenvalue weighted by molar-refractivity contribution is -0.115. The molecule has 0 saturated heterocycles. The number of aromatic nitrogens is 5. The second kappa shape index (κ2) is 6.44. The number of benzene rings is 2. The Kier molecular flexibility index (Phi) is 3.96. The number of para-hydroxylation sites is 1. The molecular formula is C19H18N6O. The summed E-state index contributed by atoms with van der Waals surface area (Å²) in [6, 6.07) is 13.5. The van der Waals surface area contributed by atoms with Gasteiger partial charge in [-0.15, -0.1) is 0 Å². The molecule has 0 saturated carbocycles. The first-order valence-electron chi connectivity index (χ1n) is 8.32. The second-order valence-electron chi connectivity index (χ2n) is 6.22. The zero-order chi connectivity index (χ0) is 18.1. The van der Waals surface area contributed by atoms with Gasteiger partial charge in [0.15, 0.2) is 5.82 Å². The number of anilines is 1. The molecule has 2 aromatic heterocycles. The Labute approximate surface area is 149 Å². The maximum Gasteiger partial charge on any atom is 0.230 e. The molecule has 4 rings (SSSR count). The van der Waals surface area contributed by atoms with Crippen LogP contribution in [0.1, 0.15) is 17.1 Å². The van der Waals surface area contributed by atoms with Crippen LogP contribution >= 0.6 is 0 Å². The van der Waals surface area contributed by atoms with E-state index < -0.39 is 0 Å². The minimum atomic E-state index is -0.106. The summed E-state index contributed by atoms with van der Waals surface area (Å²) in [6.07, 6.45) is 0.226. The molecule has 0 aliphatic rings. The number of aryl methyl sites for hydroxylation is 2. The van der Waals surface area contributed by atoms with Crippen LogP contribution in [0.3, 0.4) is 0 Å². The molecule has 0 unspecified atom stereocenters. The Bertz CT molecular complexity index is 1090. The summed E-state index contributed by atoms with van der Waals surface area (Å²) in [4.78, 5) is 16.9. The molecule has 3 N–H and O–H groups in total. The number of nitrogens with zero attached hydrogens (tertiary/aromatic N) is 3. The molecule has 0 fully saturated rings. The number of H-pyrrole nitrogens is 2. The van der Waals surface area contributed by atoms with Gasteiger partial charge in [-0.2, -0.15) is 10.2 Å². The molecule has 0 radical (unpaired) electrons. The van der Waals surface area contributed by atoms with Crippen LogP contribution in [0.5, 0.6) is 0 Å². The van der Waals surface area contributed by atoms with E-state index in [0.717, 1.165) is 39.2 Å². The normalized spacial score (nSPS) is 11.0. The van der Waals surface area contributed by atoms with Gasteiger partial charge in [-0.1, -0.05) is 30.3 Å². The summed E-state index contributed by atoms with van der Waals surface area (Å²) >= 11 is 0. The number of carbonyl (C=O) groups is 1. The molecule has 130 valence electrons. The Morgan fingerprint density at radius 3 is 2.73 bits per heavy atom. The van der Waals surface area contributed by atoms with Crippen molar-refractivity contribution < 1.29 is 4.79 Å². The first-order valence-corrected chi connectivity index (χ1v) is 8.32. The van der Waals surface area contributed by atoms with Crippen molar-refractivity contribution in [2.45, 2.75) is 20.3 Å². The third-order valence-corrected chi connectivity index (χ3v) is 4.24. The van der Waals surface area contributed by atoms with Crippen molar-refractivity contribution in [2.75, 3.05) is 5.32 Å². The molecular weight excluding hydrogens is 328 g/mol. The van der Waals surface area contributed by atoms with Gasteiger partial charge < -0.3 is 5.32 Å². The molecule has 0 aliphatic carbocycles. The number of carbonyl (C=O) groups excluding carboxylic acids is 1. The lowest BCUT2D eigenvalue weighted by Gasteiger charge is -2.09. The van der Waals surface area contributed by atoms with Gasteiger partial charge in [-0.05, 0) is 31.5 Å². The van der Waals surface area contributed by atoms with E-state index in [4.69, 9.17) is 0 Å². The van der Waals surface area contributed by atoms with Gasteiger partial charge in [-0.3, -0.25) is 15.0 Å². The zero-order valence-electron chi connectivity index (χ0n) is 14.5. The SMILES string of the molecule is Cc1nc(-c2ccc(C)c(NC(=O)Cc3[nH]nc4ccccc34)c2)n[nH]1. The van der Waals surface area contributed by atoms with Gasteiger partial charge in [0, 0.05) is 16.6 Å². The van der Waals surface area contributed by atoms with E-state index in [2.05, 4.69) is 30.7 Å². The van der Waals surface area contributed by atoms with E-state index in [1.165, 1.54) is 0 Å². The maximum atomic E-state index is 12.5. The minimum absolute atomic E-state index is 0.106. The third kappa shape index (κ3) is 3.06. The average Bonchev–Trinajstić information content (AvgIpc) is 3.24. The number of amides is 1. The summed E-state index contributed by atoms with van der Waals surface area (Å²) in [7, 11) is 0. The Balaban J connectivity index is 1.55. The summed E-state index contributed by atoms with van der Waals surface area (Å²) in [5.41, 5.74) is 4.23. The van der Waals surface area contributed by atoms with Crippen LogP contribution < -0.4 is 5.32 Å². The topological polar surface area (TPSA) is 99.3 Å². The monoisotopic (exact) mass is 346 g/mol. The number of aromatic amines is 2. The molecule has 0 aliphatic heterocycles. The highest BCUT2D eigenvalue weighted by Crippen LogP contribution is 2.23. The van der Waals surface area contributed by atoms with Crippen molar-refractivity contribution in [3.63, 3.8) is 0 Å². The zero-order valence-corrected chi connectivity index (χ0v) is 14.5. The maximum absolute atomic E-state index is 12.5. The Morgan fingerprint density at radius 2 is 1.92 bits per heavy atom. The number of fused-ring (bicyclic) bond motifs is 1. The first kappa shape index (κ1) is 16.0. The van der Waals surface area contributed by atoms with E-state index in [9.17, 15) is 4.79 Å². The van der Waals surface area contributed by atoms with E-state index in [1.807, 2.05) is 56.3 Å². The highest BCUT2D eigenvalue weighted by Gasteiger charge is 2.12. The molecule has 26 heavy (non-hydrogen) atoms. The van der Waals surface area contributed by atoms with Gasteiger partial charge >= 0.3 is 0 Å². The fraction of sp³-hybridized carbons (Fsp3) is 0.158. The van der Waals surface area contributed by atoms with Crippen molar-refractivity contribution in [2.24, 2.45) is 0 Å². The molecule has 0 atom stereocenters. The molecule has 0 bridgehead atoms. The van der Waals surface area contributed by atoms with Crippen LogP contribution in [-0.4, -0.2) is 31.3 Å². The lowest BCUT2D eigenvalue weighted by atomic mass is 10.1. The van der Waals surface area contributed by atoms with Gasteiger partial charge in [-0.25, -0.2) is 4.98 Å². The largest absolute Gasteiger partial charge is 0.325 e. The lowest BCUT2D eigenvalue weighted by Crippen LogP contribution is -2.15. The number of hydrogen-bond donors (Lipinski definition) is 3. The molecule has 4 aromatic rings. The average molecular weight is 346 g/mol. The van der Waals surface area contributed by atoms with Crippen molar-refractivity contribution in [3.8, 4) is 11.4 Å². The van der Waals surface area contributed by atoms with Crippen molar-refractivity contribution in [1.82, 2.24) is 25.4 Å². The molecule has 7 nitrogen and oxygen atoms in total. The number of rotatable bonds is 4. The number of hydrogen-bond acceptors (Lipinski definition) is 4. The summed E-state index contributed by atoms with van der Waals surface area (Å²) in [5, 5.41) is 18.1. The molecule has 1 amide bonds. The van der Waals surface area contributed by atoms with E-state index in [-0.39, 0.29) is 12.3 Å². The number of nitrogens with one attached hydrogen (secondary N) is 3. The summed E-state index contributed by atoms with van der Waals surface area (Å²) in [5.74, 6) is 1.25. The highest BCUT2D eigenvalue weighted by molar-refractivity contribution is 5.96. The van der Waals surface area contributed by atoms with Crippen molar-refractivity contribution in [3.05, 3.63) is 59.5 Å². The smallest absolute Gasteiger partial charge is 0.230 e. The molecule has 7 heteroatoms. The third-order valence-electron chi connectivity index (χ3n) is 4.24. The fourth-order valence-corrected chi connectivity index (χ4v) is 2.87. The van der Waals surface area contributed by atoms with E-state index in [1.54, 1.807) is 0 Å². The van der Waals surface area contributed by atoms with Crippen LogP contribution in [0, 0.1) is 13.8 Å². The standard InChI is InChI=1S/C19H18N6O/c1-11-7-8-13(19-20-12(2)22-25-19)9-16(11)21-18(26)10-17-14-5-3-4-6-15(14)23-24-17/h3-9H,10H2,1-2H3,(H,21,26)(H,23,24)(H,20,22,25). The molecule has 0 spiro atoms. The van der Waals surface area contributed by atoms with Gasteiger partial charge in [0.05, 0.1) is 17.6 Å². The summed E-state index contributed by atoms with van der Waals surface area (Å²) in [6.45, 7) is 3.80. The second-order valence-corrected chi connectivity index (χ2v) is 6.22.